The highest BCUT2D eigenvalue weighted by Gasteiger charge is 2.47. The van der Waals surface area contributed by atoms with Crippen molar-refractivity contribution in [3.05, 3.63) is 106 Å². The van der Waals surface area contributed by atoms with E-state index in [1.165, 1.54) is 0 Å². The number of benzene rings is 3. The molecule has 36 heavy (non-hydrogen) atoms. The van der Waals surface area contributed by atoms with Crippen LogP contribution in [0.5, 0.6) is 11.5 Å². The van der Waals surface area contributed by atoms with Crippen molar-refractivity contribution in [3.8, 4) is 11.5 Å². The first-order valence-electron chi connectivity index (χ1n) is 11.6. The molecule has 0 aromatic heterocycles. The second kappa shape index (κ2) is 12.9. The summed E-state index contributed by atoms with van der Waals surface area (Å²) in [6.45, 7) is 0.659. The number of ether oxygens (including phenoxy) is 5. The van der Waals surface area contributed by atoms with Crippen LogP contribution in [-0.2, 0) is 27.4 Å². The van der Waals surface area contributed by atoms with Gasteiger partial charge in [0.15, 0.2) is 0 Å². The van der Waals surface area contributed by atoms with Crippen molar-refractivity contribution in [2.24, 2.45) is 5.11 Å². The number of rotatable bonds is 11. The fraction of sp³-hybridized carbons (Fsp3) is 0.333. The molecular formula is C27H29N3O6. The van der Waals surface area contributed by atoms with Gasteiger partial charge in [0.25, 0.3) is 0 Å². The van der Waals surface area contributed by atoms with Crippen molar-refractivity contribution in [1.29, 1.82) is 0 Å². The quantitative estimate of drug-likeness (QED) is 0.237. The molecule has 9 nitrogen and oxygen atoms in total. The molecule has 0 saturated carbocycles. The average Bonchev–Trinajstić information content (AvgIpc) is 2.92. The second-order valence-corrected chi connectivity index (χ2v) is 8.28. The minimum Gasteiger partial charge on any atom is -0.497 e. The topological polar surface area (TPSA) is 115 Å². The highest BCUT2D eigenvalue weighted by molar-refractivity contribution is 5.31. The van der Waals surface area contributed by atoms with Gasteiger partial charge in [-0.1, -0.05) is 65.8 Å². The molecule has 1 saturated heterocycles. The smallest absolute Gasteiger partial charge is 0.211 e. The van der Waals surface area contributed by atoms with Crippen LogP contribution in [0.4, 0.5) is 0 Å². The Morgan fingerprint density at radius 1 is 0.889 bits per heavy atom. The van der Waals surface area contributed by atoms with Gasteiger partial charge in [0, 0.05) is 4.91 Å². The first kappa shape index (κ1) is 25.5. The molecule has 1 aliphatic rings. The van der Waals surface area contributed by atoms with E-state index in [1.54, 1.807) is 31.4 Å². The molecule has 4 rings (SSSR count). The van der Waals surface area contributed by atoms with Gasteiger partial charge in [-0.25, -0.2) is 0 Å². The Kier molecular flexibility index (Phi) is 9.15. The second-order valence-electron chi connectivity index (χ2n) is 8.28. The lowest BCUT2D eigenvalue weighted by molar-refractivity contribution is -0.253. The molecule has 0 amide bonds. The predicted molar refractivity (Wildman–Crippen MR) is 132 cm³/mol. The summed E-state index contributed by atoms with van der Waals surface area (Å²) in [5.74, 6) is 1.16. The van der Waals surface area contributed by atoms with E-state index in [0.717, 1.165) is 11.1 Å². The normalized spacial score (nSPS) is 23.4. The SMILES string of the molecule is COc1ccc(OC2O[C@H](COCc3ccccc3)[C@@H](O)[C@H](OCc3ccccc3)[C@H]2N=[N+]=[N-])cc1. The van der Waals surface area contributed by atoms with E-state index in [0.29, 0.717) is 18.1 Å². The summed E-state index contributed by atoms with van der Waals surface area (Å²) in [6, 6.07) is 25.3. The number of nitrogens with zero attached hydrogens (tertiary/aromatic N) is 3. The van der Waals surface area contributed by atoms with Crippen molar-refractivity contribution >= 4 is 0 Å². The van der Waals surface area contributed by atoms with Crippen molar-refractivity contribution < 1.29 is 28.8 Å². The van der Waals surface area contributed by atoms with E-state index >= 15 is 0 Å². The van der Waals surface area contributed by atoms with Gasteiger partial charge in [-0.2, -0.15) is 0 Å². The summed E-state index contributed by atoms with van der Waals surface area (Å²) in [6.07, 6.45) is -3.79. The van der Waals surface area contributed by atoms with E-state index in [-0.39, 0.29) is 13.2 Å². The fourth-order valence-electron chi connectivity index (χ4n) is 3.94. The maximum atomic E-state index is 11.2. The number of methoxy groups -OCH3 is 1. The van der Waals surface area contributed by atoms with Gasteiger partial charge in [-0.15, -0.1) is 0 Å². The monoisotopic (exact) mass is 491 g/mol. The zero-order chi connectivity index (χ0) is 25.2. The molecule has 9 heteroatoms. The van der Waals surface area contributed by atoms with E-state index < -0.39 is 30.6 Å². The number of azide groups is 1. The van der Waals surface area contributed by atoms with Crippen LogP contribution in [0.1, 0.15) is 11.1 Å². The third-order valence-electron chi connectivity index (χ3n) is 5.82. The molecule has 1 N–H and O–H groups in total. The third kappa shape index (κ3) is 6.75. The van der Waals surface area contributed by atoms with Crippen LogP contribution >= 0.6 is 0 Å². The Labute approximate surface area is 209 Å². The van der Waals surface area contributed by atoms with Gasteiger partial charge in [0.1, 0.15) is 35.9 Å². The Hall–Kier alpha value is -3.59. The van der Waals surface area contributed by atoms with Gasteiger partial charge in [0.2, 0.25) is 6.29 Å². The van der Waals surface area contributed by atoms with Crippen LogP contribution in [0.25, 0.3) is 10.4 Å². The molecule has 1 fully saturated rings. The zero-order valence-corrected chi connectivity index (χ0v) is 19.9. The van der Waals surface area contributed by atoms with Gasteiger partial charge in [-0.3, -0.25) is 0 Å². The van der Waals surface area contributed by atoms with Crippen LogP contribution in [0.15, 0.2) is 90.0 Å². The van der Waals surface area contributed by atoms with E-state index in [4.69, 9.17) is 23.7 Å². The molecule has 1 heterocycles. The van der Waals surface area contributed by atoms with Gasteiger partial charge < -0.3 is 28.8 Å². The summed E-state index contributed by atoms with van der Waals surface area (Å²) in [4.78, 5) is 2.97. The lowest BCUT2D eigenvalue weighted by atomic mass is 9.97. The summed E-state index contributed by atoms with van der Waals surface area (Å²) in [5.41, 5.74) is 11.2. The minimum atomic E-state index is -1.12. The molecule has 0 spiro atoms. The number of hydrogen-bond donors (Lipinski definition) is 1. The number of aliphatic hydroxyl groups excluding tert-OH is 1. The van der Waals surface area contributed by atoms with E-state index in [1.807, 2.05) is 60.7 Å². The molecular weight excluding hydrogens is 462 g/mol. The van der Waals surface area contributed by atoms with Crippen LogP contribution in [0.2, 0.25) is 0 Å². The lowest BCUT2D eigenvalue weighted by Gasteiger charge is -2.42. The lowest BCUT2D eigenvalue weighted by Crippen LogP contribution is -2.60. The van der Waals surface area contributed by atoms with Crippen LogP contribution < -0.4 is 9.47 Å². The summed E-state index contributed by atoms with van der Waals surface area (Å²) in [7, 11) is 1.58. The first-order valence-corrected chi connectivity index (χ1v) is 11.6. The van der Waals surface area contributed by atoms with Gasteiger partial charge >= 0.3 is 0 Å². The summed E-state index contributed by atoms with van der Waals surface area (Å²) < 4.78 is 29.3. The largest absolute Gasteiger partial charge is 0.497 e. The predicted octanol–water partition coefficient (Wildman–Crippen LogP) is 4.64. The highest BCUT2D eigenvalue weighted by atomic mass is 16.7. The molecule has 5 atom stereocenters. The molecule has 188 valence electrons. The van der Waals surface area contributed by atoms with Gasteiger partial charge in [-0.05, 0) is 40.9 Å². The average molecular weight is 492 g/mol. The molecule has 1 aliphatic heterocycles. The third-order valence-corrected chi connectivity index (χ3v) is 5.82. The fourth-order valence-corrected chi connectivity index (χ4v) is 3.94. The molecule has 0 radical (unpaired) electrons. The Morgan fingerprint density at radius 3 is 2.11 bits per heavy atom. The summed E-state index contributed by atoms with van der Waals surface area (Å²) in [5, 5.41) is 15.0. The van der Waals surface area contributed by atoms with Crippen molar-refractivity contribution in [2.75, 3.05) is 13.7 Å². The van der Waals surface area contributed by atoms with E-state index in [2.05, 4.69) is 10.0 Å². The van der Waals surface area contributed by atoms with Crippen LogP contribution in [-0.4, -0.2) is 49.5 Å². The minimum absolute atomic E-state index is 0.0900. The standard InChI is InChI=1S/C27H29N3O6/c1-32-21-12-14-22(15-13-21)35-27-24(29-30-28)26(34-17-20-10-6-3-7-11-20)25(31)23(36-27)18-33-16-19-8-4-2-5-9-19/h2-15,23-27,31H,16-18H2,1H3/t23-,24-,25-,26-,27?/m1/s1. The molecule has 3 aromatic carbocycles. The first-order chi connectivity index (χ1) is 17.7. The Bertz CT molecular complexity index is 1110. The maximum absolute atomic E-state index is 11.2. The van der Waals surface area contributed by atoms with Crippen LogP contribution in [0.3, 0.4) is 0 Å². The van der Waals surface area contributed by atoms with Crippen molar-refractivity contribution in [1.82, 2.24) is 0 Å². The van der Waals surface area contributed by atoms with E-state index in [9.17, 15) is 10.6 Å². The molecule has 3 aromatic rings. The zero-order valence-electron chi connectivity index (χ0n) is 19.9. The Balaban J connectivity index is 1.52. The highest BCUT2D eigenvalue weighted by Crippen LogP contribution is 2.30. The number of aliphatic hydroxyl groups is 1. The maximum Gasteiger partial charge on any atom is 0.211 e. The molecule has 0 bridgehead atoms. The van der Waals surface area contributed by atoms with Crippen LogP contribution in [0, 0.1) is 0 Å². The Morgan fingerprint density at radius 2 is 1.50 bits per heavy atom. The molecule has 1 unspecified atom stereocenters. The van der Waals surface area contributed by atoms with Crippen molar-refractivity contribution in [2.45, 2.75) is 43.9 Å². The molecule has 0 aliphatic carbocycles. The summed E-state index contributed by atoms with van der Waals surface area (Å²) >= 11 is 0. The van der Waals surface area contributed by atoms with Crippen molar-refractivity contribution in [3.63, 3.8) is 0 Å². The van der Waals surface area contributed by atoms with Gasteiger partial charge in [0.05, 0.1) is 26.9 Å². The number of hydrogen-bond acceptors (Lipinski definition) is 7.